The minimum absolute atomic E-state index is 0.573. The van der Waals surface area contributed by atoms with Gasteiger partial charge in [-0.25, -0.2) is 4.98 Å². The lowest BCUT2D eigenvalue weighted by Crippen LogP contribution is -1.80. The maximum atomic E-state index is 8.19. The molecule has 1 aromatic heterocycles. The highest BCUT2D eigenvalue weighted by atomic mass is 32.1. The Morgan fingerprint density at radius 3 is 3.22 bits per heavy atom. The lowest BCUT2D eigenvalue weighted by Gasteiger charge is -1.83. The van der Waals surface area contributed by atoms with Crippen molar-refractivity contribution in [1.82, 2.24) is 4.98 Å². The first-order chi connectivity index (χ1) is 4.43. The monoisotopic (exact) mass is 138 g/mol. The Morgan fingerprint density at radius 2 is 2.67 bits per heavy atom. The van der Waals surface area contributed by atoms with Gasteiger partial charge in [-0.1, -0.05) is 0 Å². The van der Waals surface area contributed by atoms with Crippen molar-refractivity contribution in [1.29, 1.82) is 5.26 Å². The Balaban J connectivity index is 2.41. The van der Waals surface area contributed by atoms with Crippen LogP contribution < -0.4 is 0 Å². The highest BCUT2D eigenvalue weighted by molar-refractivity contribution is 7.07. The number of hydrogen-bond acceptors (Lipinski definition) is 3. The molecule has 0 amide bonds. The Hall–Kier alpha value is -0.880. The van der Waals surface area contributed by atoms with Crippen LogP contribution in [0.25, 0.3) is 0 Å². The first kappa shape index (κ1) is 6.24. The number of thiazole rings is 1. The van der Waals surface area contributed by atoms with Gasteiger partial charge >= 0.3 is 0 Å². The first-order valence-electron chi connectivity index (χ1n) is 2.67. The van der Waals surface area contributed by atoms with Crippen LogP contribution in [0, 0.1) is 11.3 Å². The fourth-order valence-electron chi connectivity index (χ4n) is 0.545. The molecule has 0 aliphatic heterocycles. The molecule has 1 aromatic rings. The fourth-order valence-corrected chi connectivity index (χ4v) is 1.14. The van der Waals surface area contributed by atoms with Crippen LogP contribution >= 0.6 is 11.3 Å². The van der Waals surface area contributed by atoms with Crippen molar-refractivity contribution < 1.29 is 0 Å². The molecule has 0 N–H and O–H groups in total. The van der Waals surface area contributed by atoms with Gasteiger partial charge in [0.25, 0.3) is 0 Å². The number of rotatable bonds is 2. The average Bonchev–Trinajstić information content (AvgIpc) is 2.34. The third-order valence-electron chi connectivity index (χ3n) is 0.976. The van der Waals surface area contributed by atoms with Crippen LogP contribution in [0.3, 0.4) is 0 Å². The fraction of sp³-hybridized carbons (Fsp3) is 0.333. The summed E-state index contributed by atoms with van der Waals surface area (Å²) in [4.78, 5) is 4.02. The van der Waals surface area contributed by atoms with Crippen LogP contribution in [0.1, 0.15) is 12.1 Å². The molecule has 0 bridgehead atoms. The van der Waals surface area contributed by atoms with Gasteiger partial charge in [-0.15, -0.1) is 11.3 Å². The van der Waals surface area contributed by atoms with Crippen molar-refractivity contribution in [3.8, 4) is 6.07 Å². The molecule has 0 aliphatic carbocycles. The summed E-state index contributed by atoms with van der Waals surface area (Å²) >= 11 is 1.57. The van der Waals surface area contributed by atoms with Crippen LogP contribution in [-0.2, 0) is 6.42 Å². The van der Waals surface area contributed by atoms with E-state index in [1.165, 1.54) is 0 Å². The molecular weight excluding hydrogens is 132 g/mol. The predicted octanol–water partition coefficient (Wildman–Crippen LogP) is 1.60. The summed E-state index contributed by atoms with van der Waals surface area (Å²) in [5.74, 6) is 0. The van der Waals surface area contributed by atoms with E-state index in [9.17, 15) is 0 Å². The predicted molar refractivity (Wildman–Crippen MR) is 36.0 cm³/mol. The van der Waals surface area contributed by atoms with Crippen molar-refractivity contribution in [2.75, 3.05) is 0 Å². The van der Waals surface area contributed by atoms with Crippen molar-refractivity contribution in [3.05, 3.63) is 16.6 Å². The van der Waals surface area contributed by atoms with E-state index in [0.29, 0.717) is 6.42 Å². The second kappa shape index (κ2) is 3.21. The van der Waals surface area contributed by atoms with Gasteiger partial charge in [-0.05, 0) is 0 Å². The molecule has 0 spiro atoms. The Labute approximate surface area is 57.8 Å². The Bertz CT molecular complexity index is 197. The van der Waals surface area contributed by atoms with Gasteiger partial charge in [0, 0.05) is 18.2 Å². The lowest BCUT2D eigenvalue weighted by molar-refractivity contribution is 0.967. The largest absolute Gasteiger partial charge is 0.250 e. The van der Waals surface area contributed by atoms with Gasteiger partial charge in [0.05, 0.1) is 17.3 Å². The van der Waals surface area contributed by atoms with Crippen LogP contribution in [0.15, 0.2) is 10.9 Å². The van der Waals surface area contributed by atoms with Gasteiger partial charge < -0.3 is 0 Å². The molecule has 0 saturated heterocycles. The van der Waals surface area contributed by atoms with Crippen LogP contribution in [-0.4, -0.2) is 4.98 Å². The topological polar surface area (TPSA) is 36.7 Å². The van der Waals surface area contributed by atoms with Crippen molar-refractivity contribution >= 4 is 11.3 Å². The highest BCUT2D eigenvalue weighted by Crippen LogP contribution is 2.02. The molecule has 0 radical (unpaired) electrons. The van der Waals surface area contributed by atoms with E-state index in [-0.39, 0.29) is 0 Å². The van der Waals surface area contributed by atoms with Gasteiger partial charge in [-0.3, -0.25) is 0 Å². The minimum Gasteiger partial charge on any atom is -0.250 e. The molecule has 0 aliphatic rings. The second-order valence-corrected chi connectivity index (χ2v) is 2.36. The zero-order valence-electron chi connectivity index (χ0n) is 4.87. The number of aryl methyl sites for hydroxylation is 1. The molecule has 0 atom stereocenters. The second-order valence-electron chi connectivity index (χ2n) is 1.64. The third kappa shape index (κ3) is 1.82. The van der Waals surface area contributed by atoms with Gasteiger partial charge in [0.1, 0.15) is 0 Å². The van der Waals surface area contributed by atoms with E-state index in [2.05, 4.69) is 11.1 Å². The summed E-state index contributed by atoms with van der Waals surface area (Å²) in [6, 6.07) is 2.07. The summed E-state index contributed by atoms with van der Waals surface area (Å²) < 4.78 is 0. The van der Waals surface area contributed by atoms with Crippen molar-refractivity contribution in [2.45, 2.75) is 12.8 Å². The zero-order valence-corrected chi connectivity index (χ0v) is 5.69. The number of nitriles is 1. The Kier molecular flexibility index (Phi) is 2.22. The van der Waals surface area contributed by atoms with Crippen LogP contribution in [0.4, 0.5) is 0 Å². The Morgan fingerprint density at radius 1 is 1.78 bits per heavy atom. The number of nitrogens with zero attached hydrogens (tertiary/aromatic N) is 2. The maximum absolute atomic E-state index is 8.19. The standard InChI is InChI=1S/C6H6N2S/c7-3-1-2-6-4-9-5-8-6/h4-5H,1-2H2. The van der Waals surface area contributed by atoms with E-state index < -0.39 is 0 Å². The molecule has 46 valence electrons. The van der Waals surface area contributed by atoms with Crippen LogP contribution in [0.5, 0.6) is 0 Å². The van der Waals surface area contributed by atoms with Gasteiger partial charge in [-0.2, -0.15) is 5.26 Å². The lowest BCUT2D eigenvalue weighted by atomic mass is 10.3. The smallest absolute Gasteiger partial charge is 0.0794 e. The molecule has 0 saturated carbocycles. The SMILES string of the molecule is N#CCCc1cscn1. The average molecular weight is 138 g/mol. The zero-order chi connectivity index (χ0) is 6.53. The molecule has 3 heteroatoms. The van der Waals surface area contributed by atoms with E-state index >= 15 is 0 Å². The van der Waals surface area contributed by atoms with E-state index in [1.807, 2.05) is 5.38 Å². The van der Waals surface area contributed by atoms with Gasteiger partial charge in [0.2, 0.25) is 0 Å². The first-order valence-corrected chi connectivity index (χ1v) is 3.62. The number of hydrogen-bond donors (Lipinski definition) is 0. The van der Waals surface area contributed by atoms with Gasteiger partial charge in [0.15, 0.2) is 0 Å². The molecular formula is C6H6N2S. The van der Waals surface area contributed by atoms with Crippen LogP contribution in [0.2, 0.25) is 0 Å². The summed E-state index contributed by atoms with van der Waals surface area (Å²) in [5, 5.41) is 10.2. The quantitative estimate of drug-likeness (QED) is 0.622. The molecule has 1 rings (SSSR count). The maximum Gasteiger partial charge on any atom is 0.0794 e. The van der Waals surface area contributed by atoms with Crippen molar-refractivity contribution in [2.24, 2.45) is 0 Å². The number of aromatic nitrogens is 1. The summed E-state index contributed by atoms with van der Waals surface area (Å²) in [5.41, 5.74) is 2.81. The van der Waals surface area contributed by atoms with Crippen molar-refractivity contribution in [3.63, 3.8) is 0 Å². The summed E-state index contributed by atoms with van der Waals surface area (Å²) in [6.45, 7) is 0. The van der Waals surface area contributed by atoms with E-state index in [0.717, 1.165) is 12.1 Å². The molecule has 0 unspecified atom stereocenters. The summed E-state index contributed by atoms with van der Waals surface area (Å²) in [6.07, 6.45) is 1.36. The van der Waals surface area contributed by atoms with E-state index in [4.69, 9.17) is 5.26 Å². The molecule has 0 aromatic carbocycles. The normalized spacial score (nSPS) is 8.78. The molecule has 9 heavy (non-hydrogen) atoms. The molecule has 1 heterocycles. The third-order valence-corrected chi connectivity index (χ3v) is 1.61. The van der Waals surface area contributed by atoms with E-state index in [1.54, 1.807) is 16.8 Å². The minimum atomic E-state index is 0.573. The molecule has 0 fully saturated rings. The molecule has 2 nitrogen and oxygen atoms in total. The highest BCUT2D eigenvalue weighted by Gasteiger charge is 1.91. The summed E-state index contributed by atoms with van der Waals surface area (Å²) in [7, 11) is 0.